The van der Waals surface area contributed by atoms with E-state index in [0.29, 0.717) is 19.3 Å². The van der Waals surface area contributed by atoms with Crippen molar-refractivity contribution in [2.45, 2.75) is 329 Å². The summed E-state index contributed by atoms with van der Waals surface area (Å²) >= 11 is 0. The molecule has 0 aromatic carbocycles. The van der Waals surface area contributed by atoms with Gasteiger partial charge in [0.15, 0.2) is 6.10 Å². The fourth-order valence-corrected chi connectivity index (χ4v) is 9.09. The molecule has 1 atom stereocenters. The lowest BCUT2D eigenvalue weighted by molar-refractivity contribution is -0.167. The minimum Gasteiger partial charge on any atom is -0.462 e. The summed E-state index contributed by atoms with van der Waals surface area (Å²) in [6.45, 7) is 6.50. The first-order chi connectivity index (χ1) is 35.5. The van der Waals surface area contributed by atoms with Crippen molar-refractivity contribution in [1.29, 1.82) is 0 Å². The number of allylic oxidation sites excluding steroid dienone is 10. The summed E-state index contributed by atoms with van der Waals surface area (Å²) < 4.78 is 16.9. The highest BCUT2D eigenvalue weighted by Crippen LogP contribution is 2.17. The van der Waals surface area contributed by atoms with Gasteiger partial charge in [-0.25, -0.2) is 0 Å². The van der Waals surface area contributed by atoms with Crippen molar-refractivity contribution in [2.24, 2.45) is 0 Å². The molecule has 72 heavy (non-hydrogen) atoms. The van der Waals surface area contributed by atoms with Crippen molar-refractivity contribution in [1.82, 2.24) is 0 Å². The predicted molar refractivity (Wildman–Crippen MR) is 312 cm³/mol. The van der Waals surface area contributed by atoms with Gasteiger partial charge in [0.2, 0.25) is 0 Å². The second kappa shape index (κ2) is 60.7. The van der Waals surface area contributed by atoms with Crippen molar-refractivity contribution < 1.29 is 28.6 Å². The number of hydrogen-bond donors (Lipinski definition) is 0. The van der Waals surface area contributed by atoms with Crippen LogP contribution in [-0.4, -0.2) is 37.2 Å². The molecule has 0 aromatic rings. The highest BCUT2D eigenvalue weighted by Gasteiger charge is 2.19. The Balaban J connectivity index is 4.23. The van der Waals surface area contributed by atoms with Crippen LogP contribution in [-0.2, 0) is 28.6 Å². The molecule has 0 aliphatic rings. The topological polar surface area (TPSA) is 78.9 Å². The standard InChI is InChI=1S/C66H118O6/c1-4-7-10-13-16-19-22-24-26-28-30-32-33-35-36-38-40-42-44-47-50-53-56-59-65(68)71-62-63(61-70-64(67)58-55-52-49-46-21-18-15-12-9-6-3)72-66(69)60-57-54-51-48-45-43-41-39-37-34-31-29-27-25-23-20-17-14-11-8-5-2/h7,10,12,15-16,19,24,26,30,32,63H,4-6,8-9,11,13-14,17-18,20-23,25,27-29,31,33-62H2,1-3H3/b10-7-,15-12-,19-16-,26-24-,32-30-. The molecular formula is C66H118O6. The van der Waals surface area contributed by atoms with E-state index in [4.69, 9.17) is 14.2 Å². The molecular weight excluding hydrogens is 889 g/mol. The maximum atomic E-state index is 12.9. The third-order valence-electron chi connectivity index (χ3n) is 13.7. The lowest BCUT2D eigenvalue weighted by Crippen LogP contribution is -2.30. The maximum Gasteiger partial charge on any atom is 0.306 e. The first-order valence-electron chi connectivity index (χ1n) is 31.3. The molecule has 0 aliphatic heterocycles. The number of rotatable bonds is 57. The van der Waals surface area contributed by atoms with Crippen LogP contribution in [0.3, 0.4) is 0 Å². The molecule has 0 amide bonds. The van der Waals surface area contributed by atoms with E-state index in [-0.39, 0.29) is 31.1 Å². The van der Waals surface area contributed by atoms with E-state index in [1.54, 1.807) is 0 Å². The summed E-state index contributed by atoms with van der Waals surface area (Å²) in [6.07, 6.45) is 76.6. The van der Waals surface area contributed by atoms with Gasteiger partial charge in [-0.05, 0) is 77.0 Å². The van der Waals surface area contributed by atoms with Gasteiger partial charge in [-0.2, -0.15) is 0 Å². The number of ether oxygens (including phenoxy) is 3. The highest BCUT2D eigenvalue weighted by atomic mass is 16.6. The van der Waals surface area contributed by atoms with Crippen molar-refractivity contribution in [2.75, 3.05) is 13.2 Å². The van der Waals surface area contributed by atoms with E-state index in [2.05, 4.69) is 81.5 Å². The molecule has 418 valence electrons. The Morgan fingerprint density at radius 2 is 0.569 bits per heavy atom. The van der Waals surface area contributed by atoms with Gasteiger partial charge in [-0.15, -0.1) is 0 Å². The monoisotopic (exact) mass is 1010 g/mol. The Morgan fingerprint density at radius 3 is 0.917 bits per heavy atom. The highest BCUT2D eigenvalue weighted by molar-refractivity contribution is 5.71. The Labute approximate surface area is 447 Å². The molecule has 0 rings (SSSR count). The van der Waals surface area contributed by atoms with Crippen LogP contribution >= 0.6 is 0 Å². The van der Waals surface area contributed by atoms with Crippen molar-refractivity contribution in [3.63, 3.8) is 0 Å². The van der Waals surface area contributed by atoms with Crippen LogP contribution in [0.15, 0.2) is 60.8 Å². The summed E-state index contributed by atoms with van der Waals surface area (Å²) in [4.78, 5) is 38.2. The average molecular weight is 1010 g/mol. The normalized spacial score (nSPS) is 12.4. The minimum absolute atomic E-state index is 0.0761. The van der Waals surface area contributed by atoms with Crippen LogP contribution < -0.4 is 0 Å². The zero-order valence-corrected chi connectivity index (χ0v) is 47.9. The largest absolute Gasteiger partial charge is 0.462 e. The molecule has 0 aliphatic carbocycles. The fourth-order valence-electron chi connectivity index (χ4n) is 9.09. The number of esters is 3. The van der Waals surface area contributed by atoms with Gasteiger partial charge in [0, 0.05) is 19.3 Å². The van der Waals surface area contributed by atoms with E-state index < -0.39 is 6.10 Å². The Bertz CT molecular complexity index is 1290. The van der Waals surface area contributed by atoms with Gasteiger partial charge >= 0.3 is 17.9 Å². The van der Waals surface area contributed by atoms with Gasteiger partial charge in [0.25, 0.3) is 0 Å². The molecule has 0 radical (unpaired) electrons. The molecule has 6 heteroatoms. The maximum absolute atomic E-state index is 12.9. The lowest BCUT2D eigenvalue weighted by Gasteiger charge is -2.18. The molecule has 0 bridgehead atoms. The zero-order chi connectivity index (χ0) is 52.2. The van der Waals surface area contributed by atoms with Gasteiger partial charge < -0.3 is 14.2 Å². The second-order valence-corrected chi connectivity index (χ2v) is 20.9. The third kappa shape index (κ3) is 58.0. The number of hydrogen-bond acceptors (Lipinski definition) is 6. The van der Waals surface area contributed by atoms with Crippen LogP contribution in [0.1, 0.15) is 323 Å². The average Bonchev–Trinajstić information content (AvgIpc) is 3.38. The van der Waals surface area contributed by atoms with Crippen molar-refractivity contribution in [3.8, 4) is 0 Å². The SMILES string of the molecule is CC/C=C\C/C=C\C/C=C\C/C=C\CCCCCCCCCCCCC(=O)OCC(COC(=O)CCCCCCC/C=C\CCC)OC(=O)CCCCCCCCCCCCCCCCCCCCCCC. The molecule has 1 unspecified atom stereocenters. The van der Waals surface area contributed by atoms with Crippen LogP contribution in [0.4, 0.5) is 0 Å². The van der Waals surface area contributed by atoms with Crippen molar-refractivity contribution >= 4 is 17.9 Å². The summed E-state index contributed by atoms with van der Waals surface area (Å²) in [5.74, 6) is -0.874. The molecule has 0 N–H and O–H groups in total. The van der Waals surface area contributed by atoms with E-state index in [9.17, 15) is 14.4 Å². The summed E-state index contributed by atoms with van der Waals surface area (Å²) in [5, 5.41) is 0. The van der Waals surface area contributed by atoms with Crippen LogP contribution in [0, 0.1) is 0 Å². The van der Waals surface area contributed by atoms with Gasteiger partial charge in [0.05, 0.1) is 0 Å². The van der Waals surface area contributed by atoms with E-state index in [0.717, 1.165) is 96.3 Å². The third-order valence-corrected chi connectivity index (χ3v) is 13.7. The van der Waals surface area contributed by atoms with Crippen LogP contribution in [0.2, 0.25) is 0 Å². The zero-order valence-electron chi connectivity index (χ0n) is 47.9. The molecule has 0 heterocycles. The number of carbonyl (C=O) groups excluding carboxylic acids is 3. The van der Waals surface area contributed by atoms with Crippen LogP contribution in [0.25, 0.3) is 0 Å². The molecule has 6 nitrogen and oxygen atoms in total. The quantitative estimate of drug-likeness (QED) is 0.0261. The first-order valence-corrected chi connectivity index (χ1v) is 31.3. The van der Waals surface area contributed by atoms with E-state index in [1.165, 1.54) is 186 Å². The molecule has 0 spiro atoms. The molecule has 0 saturated heterocycles. The van der Waals surface area contributed by atoms with Gasteiger partial charge in [-0.1, -0.05) is 287 Å². The predicted octanol–water partition coefficient (Wildman–Crippen LogP) is 21.2. The number of unbranched alkanes of at least 4 members (excludes halogenated alkanes) is 36. The minimum atomic E-state index is -0.777. The summed E-state index contributed by atoms with van der Waals surface area (Å²) in [7, 11) is 0. The van der Waals surface area contributed by atoms with E-state index >= 15 is 0 Å². The van der Waals surface area contributed by atoms with Crippen molar-refractivity contribution in [3.05, 3.63) is 60.8 Å². The smallest absolute Gasteiger partial charge is 0.306 e. The molecule has 0 saturated carbocycles. The Hall–Kier alpha value is -2.89. The summed E-state index contributed by atoms with van der Waals surface area (Å²) in [5.41, 5.74) is 0. The first kappa shape index (κ1) is 69.1. The van der Waals surface area contributed by atoms with E-state index in [1.807, 2.05) is 0 Å². The lowest BCUT2D eigenvalue weighted by atomic mass is 10.0. The van der Waals surface area contributed by atoms with Gasteiger partial charge in [-0.3, -0.25) is 14.4 Å². The Kier molecular flexibility index (Phi) is 58.2. The summed E-state index contributed by atoms with van der Waals surface area (Å²) in [6, 6.07) is 0. The van der Waals surface area contributed by atoms with Crippen LogP contribution in [0.5, 0.6) is 0 Å². The van der Waals surface area contributed by atoms with Gasteiger partial charge in [0.1, 0.15) is 13.2 Å². The fraction of sp³-hybridized carbons (Fsp3) is 0.803. The Morgan fingerprint density at radius 1 is 0.292 bits per heavy atom. The molecule has 0 fully saturated rings. The molecule has 0 aromatic heterocycles. The number of carbonyl (C=O) groups is 3. The second-order valence-electron chi connectivity index (χ2n) is 20.9.